The van der Waals surface area contributed by atoms with E-state index in [0.29, 0.717) is 13.0 Å². The van der Waals surface area contributed by atoms with Crippen LogP contribution in [-0.4, -0.2) is 39.0 Å². The van der Waals surface area contributed by atoms with Gasteiger partial charge in [-0.25, -0.2) is 4.98 Å². The molecule has 7 heteroatoms. The minimum atomic E-state index is -0.907. The first-order valence-electron chi connectivity index (χ1n) is 6.74. The summed E-state index contributed by atoms with van der Waals surface area (Å²) < 4.78 is 0. The molecule has 7 nitrogen and oxygen atoms in total. The number of H-pyrrole nitrogens is 1. The van der Waals surface area contributed by atoms with Crippen LogP contribution in [0.1, 0.15) is 31.7 Å². The Kier molecular flexibility index (Phi) is 4.39. The molecule has 0 bridgehead atoms. The van der Waals surface area contributed by atoms with Gasteiger partial charge in [-0.1, -0.05) is 13.8 Å². The Balaban J connectivity index is 1.96. The van der Waals surface area contributed by atoms with Gasteiger partial charge in [-0.05, 0) is 5.92 Å². The molecule has 2 rings (SSSR count). The molecular formula is C13H20N4O3. The van der Waals surface area contributed by atoms with Crippen LogP contribution in [0, 0.1) is 5.92 Å². The fourth-order valence-electron chi connectivity index (χ4n) is 2.28. The molecule has 0 aliphatic carbocycles. The Morgan fingerprint density at radius 1 is 1.55 bits per heavy atom. The number of carbonyl (C=O) groups excluding carboxylic acids is 1. The minimum Gasteiger partial charge on any atom is -0.481 e. The van der Waals surface area contributed by atoms with E-state index in [9.17, 15) is 9.59 Å². The Bertz CT molecular complexity index is 498. The van der Waals surface area contributed by atoms with E-state index in [-0.39, 0.29) is 30.3 Å². The third-order valence-corrected chi connectivity index (χ3v) is 3.57. The maximum Gasteiger partial charge on any atom is 0.305 e. The van der Waals surface area contributed by atoms with Crippen molar-refractivity contribution in [2.24, 2.45) is 5.92 Å². The molecule has 1 aliphatic heterocycles. The number of carboxylic acid groups (broad SMARTS) is 1. The first kappa shape index (κ1) is 14.5. The second-order valence-corrected chi connectivity index (χ2v) is 5.42. The maximum absolute atomic E-state index is 12.2. The molecule has 0 saturated carbocycles. The summed E-state index contributed by atoms with van der Waals surface area (Å²) in [6, 6.07) is -0.719. The summed E-state index contributed by atoms with van der Waals surface area (Å²) in [5.41, 5.74) is 1.89. The minimum absolute atomic E-state index is 0.0657. The quantitative estimate of drug-likeness (QED) is 0.609. The molecule has 2 atom stereocenters. The highest BCUT2D eigenvalue weighted by atomic mass is 16.4. The largest absolute Gasteiger partial charge is 0.481 e. The lowest BCUT2D eigenvalue weighted by Crippen LogP contribution is -2.52. The first-order valence-corrected chi connectivity index (χ1v) is 6.74. The zero-order valence-corrected chi connectivity index (χ0v) is 11.6. The summed E-state index contributed by atoms with van der Waals surface area (Å²) >= 11 is 0. The highest BCUT2D eigenvalue weighted by molar-refractivity contribution is 5.83. The molecule has 110 valence electrons. The molecule has 1 amide bonds. The summed E-state index contributed by atoms with van der Waals surface area (Å²) in [6.07, 6.45) is 2.07. The molecule has 0 fully saturated rings. The van der Waals surface area contributed by atoms with Crippen LogP contribution in [0.2, 0.25) is 0 Å². The number of imidazole rings is 1. The summed E-state index contributed by atoms with van der Waals surface area (Å²) in [4.78, 5) is 30.2. The molecule has 4 N–H and O–H groups in total. The van der Waals surface area contributed by atoms with Crippen molar-refractivity contribution in [3.05, 3.63) is 17.7 Å². The molecule has 2 unspecified atom stereocenters. The number of carboxylic acids is 1. The molecule has 1 aliphatic rings. The van der Waals surface area contributed by atoms with E-state index in [0.717, 1.165) is 11.4 Å². The number of hydrogen-bond donors (Lipinski definition) is 4. The SMILES string of the molecule is CC(C)C(CC(=O)O)NC(=O)C1Cc2nc[nH]c2CN1. The Labute approximate surface area is 117 Å². The zero-order valence-electron chi connectivity index (χ0n) is 11.6. The predicted octanol–water partition coefficient (Wildman–Crippen LogP) is 0.0395. The van der Waals surface area contributed by atoms with Crippen LogP contribution in [0.5, 0.6) is 0 Å². The van der Waals surface area contributed by atoms with Gasteiger partial charge in [0.1, 0.15) is 0 Å². The van der Waals surface area contributed by atoms with Crippen LogP contribution >= 0.6 is 0 Å². The summed E-state index contributed by atoms with van der Waals surface area (Å²) in [6.45, 7) is 4.36. The summed E-state index contributed by atoms with van der Waals surface area (Å²) in [7, 11) is 0. The molecule has 0 saturated heterocycles. The Morgan fingerprint density at radius 3 is 2.95 bits per heavy atom. The number of aliphatic carboxylic acids is 1. The Hall–Kier alpha value is -1.89. The second-order valence-electron chi connectivity index (χ2n) is 5.42. The summed E-state index contributed by atoms with van der Waals surface area (Å²) in [5, 5.41) is 14.8. The first-order chi connectivity index (χ1) is 9.47. The number of nitrogens with zero attached hydrogens (tertiary/aromatic N) is 1. The molecule has 2 heterocycles. The number of fused-ring (bicyclic) bond motifs is 1. The van der Waals surface area contributed by atoms with Crippen molar-refractivity contribution in [1.29, 1.82) is 0 Å². The lowest BCUT2D eigenvalue weighted by atomic mass is 9.99. The highest BCUT2D eigenvalue weighted by Gasteiger charge is 2.28. The van der Waals surface area contributed by atoms with E-state index in [4.69, 9.17) is 5.11 Å². The lowest BCUT2D eigenvalue weighted by Gasteiger charge is -2.26. The van der Waals surface area contributed by atoms with Crippen molar-refractivity contribution in [2.75, 3.05) is 0 Å². The third kappa shape index (κ3) is 3.36. The highest BCUT2D eigenvalue weighted by Crippen LogP contribution is 2.13. The van der Waals surface area contributed by atoms with Gasteiger partial charge in [0.05, 0.1) is 30.2 Å². The van der Waals surface area contributed by atoms with Crippen molar-refractivity contribution in [3.8, 4) is 0 Å². The molecule has 0 spiro atoms. The van der Waals surface area contributed by atoms with E-state index in [1.54, 1.807) is 6.33 Å². The van der Waals surface area contributed by atoms with E-state index < -0.39 is 5.97 Å². The fraction of sp³-hybridized carbons (Fsp3) is 0.615. The topological polar surface area (TPSA) is 107 Å². The molecule has 0 aromatic carbocycles. The van der Waals surface area contributed by atoms with Gasteiger partial charge in [-0.3, -0.25) is 14.9 Å². The van der Waals surface area contributed by atoms with Crippen LogP contribution in [0.15, 0.2) is 6.33 Å². The number of aromatic nitrogens is 2. The second kappa shape index (κ2) is 6.04. The van der Waals surface area contributed by atoms with Gasteiger partial charge in [0, 0.05) is 19.0 Å². The van der Waals surface area contributed by atoms with Crippen molar-refractivity contribution in [1.82, 2.24) is 20.6 Å². The molecule has 1 aromatic heterocycles. The number of hydrogen-bond acceptors (Lipinski definition) is 4. The number of rotatable bonds is 5. The number of amides is 1. The van der Waals surface area contributed by atoms with E-state index in [1.165, 1.54) is 0 Å². The van der Waals surface area contributed by atoms with Gasteiger partial charge in [-0.2, -0.15) is 0 Å². The van der Waals surface area contributed by atoms with Crippen molar-refractivity contribution < 1.29 is 14.7 Å². The molecule has 1 aromatic rings. The van der Waals surface area contributed by atoms with E-state index in [2.05, 4.69) is 20.6 Å². The average molecular weight is 280 g/mol. The van der Waals surface area contributed by atoms with Crippen LogP contribution in [0.4, 0.5) is 0 Å². The van der Waals surface area contributed by atoms with Crippen LogP contribution in [0.3, 0.4) is 0 Å². The van der Waals surface area contributed by atoms with E-state index >= 15 is 0 Å². The average Bonchev–Trinajstić information content (AvgIpc) is 2.84. The predicted molar refractivity (Wildman–Crippen MR) is 71.9 cm³/mol. The lowest BCUT2D eigenvalue weighted by molar-refractivity contribution is -0.138. The standard InChI is InChI=1S/C13H20N4O3/c1-7(2)8(4-12(18)19)17-13(20)10-3-9-11(5-14-10)16-6-15-9/h6-8,10,14H,3-5H2,1-2H3,(H,15,16)(H,17,20)(H,18,19). The van der Waals surface area contributed by atoms with Gasteiger partial charge in [-0.15, -0.1) is 0 Å². The van der Waals surface area contributed by atoms with Gasteiger partial charge in [0.25, 0.3) is 0 Å². The monoisotopic (exact) mass is 280 g/mol. The number of nitrogens with one attached hydrogen (secondary N) is 3. The van der Waals surface area contributed by atoms with Gasteiger partial charge in [0.15, 0.2) is 0 Å². The maximum atomic E-state index is 12.2. The zero-order chi connectivity index (χ0) is 14.7. The molecule has 0 radical (unpaired) electrons. The summed E-state index contributed by atoms with van der Waals surface area (Å²) in [5.74, 6) is -1.01. The van der Waals surface area contributed by atoms with Gasteiger partial charge >= 0.3 is 5.97 Å². The Morgan fingerprint density at radius 2 is 2.30 bits per heavy atom. The number of aromatic amines is 1. The molecule has 20 heavy (non-hydrogen) atoms. The van der Waals surface area contributed by atoms with Crippen LogP contribution < -0.4 is 10.6 Å². The number of carbonyl (C=O) groups is 2. The van der Waals surface area contributed by atoms with Gasteiger partial charge < -0.3 is 15.4 Å². The normalized spacial score (nSPS) is 19.4. The van der Waals surface area contributed by atoms with Crippen molar-refractivity contribution in [3.63, 3.8) is 0 Å². The fourth-order valence-corrected chi connectivity index (χ4v) is 2.28. The van der Waals surface area contributed by atoms with Crippen LogP contribution in [-0.2, 0) is 22.6 Å². The third-order valence-electron chi connectivity index (χ3n) is 3.57. The van der Waals surface area contributed by atoms with E-state index in [1.807, 2.05) is 13.8 Å². The van der Waals surface area contributed by atoms with Crippen molar-refractivity contribution >= 4 is 11.9 Å². The molecular weight excluding hydrogens is 260 g/mol. The van der Waals surface area contributed by atoms with Crippen molar-refractivity contribution in [2.45, 2.75) is 45.3 Å². The van der Waals surface area contributed by atoms with Gasteiger partial charge in [0.2, 0.25) is 5.91 Å². The van der Waals surface area contributed by atoms with Crippen LogP contribution in [0.25, 0.3) is 0 Å². The smallest absolute Gasteiger partial charge is 0.305 e.